The van der Waals surface area contributed by atoms with Crippen LogP contribution in [0.1, 0.15) is 35.2 Å². The van der Waals surface area contributed by atoms with Crippen LogP contribution >= 0.6 is 0 Å². The molecule has 1 saturated carbocycles. The summed E-state index contributed by atoms with van der Waals surface area (Å²) in [5, 5.41) is 2.95. The van der Waals surface area contributed by atoms with E-state index in [4.69, 9.17) is 4.42 Å². The van der Waals surface area contributed by atoms with Crippen LogP contribution < -0.4 is 5.32 Å². The second-order valence-corrected chi connectivity index (χ2v) is 5.82. The van der Waals surface area contributed by atoms with Gasteiger partial charge < -0.3 is 14.6 Å². The Labute approximate surface area is 135 Å². The van der Waals surface area contributed by atoms with Crippen LogP contribution in [0.25, 0.3) is 0 Å². The molecule has 3 rings (SSSR count). The highest BCUT2D eigenvalue weighted by Gasteiger charge is 2.24. The van der Waals surface area contributed by atoms with Gasteiger partial charge in [-0.3, -0.25) is 9.59 Å². The van der Waals surface area contributed by atoms with E-state index in [1.54, 1.807) is 11.0 Å². The first-order valence-electron chi connectivity index (χ1n) is 7.87. The maximum Gasteiger partial charge on any atom is 0.257 e. The first-order valence-corrected chi connectivity index (χ1v) is 7.87. The molecule has 1 aromatic carbocycles. The molecule has 5 heteroatoms. The van der Waals surface area contributed by atoms with Crippen LogP contribution in [-0.4, -0.2) is 29.3 Å². The van der Waals surface area contributed by atoms with Gasteiger partial charge in [0.25, 0.3) is 5.91 Å². The number of amides is 2. The molecule has 5 nitrogen and oxygen atoms in total. The maximum absolute atomic E-state index is 12.6. The minimum absolute atomic E-state index is 0.00514. The van der Waals surface area contributed by atoms with E-state index >= 15 is 0 Å². The van der Waals surface area contributed by atoms with E-state index in [2.05, 4.69) is 5.32 Å². The van der Waals surface area contributed by atoms with Gasteiger partial charge >= 0.3 is 0 Å². The lowest BCUT2D eigenvalue weighted by molar-refractivity contribution is -0.121. The smallest absolute Gasteiger partial charge is 0.257 e. The van der Waals surface area contributed by atoms with Crippen molar-refractivity contribution < 1.29 is 14.0 Å². The van der Waals surface area contributed by atoms with Gasteiger partial charge in [0.15, 0.2) is 0 Å². The van der Waals surface area contributed by atoms with Crippen LogP contribution in [-0.2, 0) is 11.3 Å². The number of furan rings is 1. The van der Waals surface area contributed by atoms with E-state index in [0.29, 0.717) is 31.1 Å². The van der Waals surface area contributed by atoms with Crippen LogP contribution in [0.5, 0.6) is 0 Å². The number of hydrogen-bond donors (Lipinski definition) is 1. The van der Waals surface area contributed by atoms with E-state index in [9.17, 15) is 9.59 Å². The minimum Gasteiger partial charge on any atom is -0.472 e. The topological polar surface area (TPSA) is 62.6 Å². The molecule has 1 fully saturated rings. The van der Waals surface area contributed by atoms with Gasteiger partial charge in [-0.05, 0) is 24.5 Å². The summed E-state index contributed by atoms with van der Waals surface area (Å²) in [4.78, 5) is 26.2. The number of carbonyl (C=O) groups excluding carboxylic acids is 2. The summed E-state index contributed by atoms with van der Waals surface area (Å²) in [6, 6.07) is 11.7. The van der Waals surface area contributed by atoms with Crippen molar-refractivity contribution in [1.82, 2.24) is 10.2 Å². The van der Waals surface area contributed by atoms with E-state index in [0.717, 1.165) is 18.4 Å². The second kappa shape index (κ2) is 7.13. The van der Waals surface area contributed by atoms with E-state index in [1.165, 1.54) is 12.5 Å². The quantitative estimate of drug-likeness (QED) is 0.855. The second-order valence-electron chi connectivity index (χ2n) is 5.82. The Hall–Kier alpha value is -2.56. The van der Waals surface area contributed by atoms with Crippen molar-refractivity contribution in [1.29, 1.82) is 0 Å². The Balaban J connectivity index is 1.64. The summed E-state index contributed by atoms with van der Waals surface area (Å²) in [7, 11) is 0. The van der Waals surface area contributed by atoms with Gasteiger partial charge in [-0.15, -0.1) is 0 Å². The SMILES string of the molecule is O=C(CCN(Cc1ccccc1)C(=O)c1ccoc1)NC1CC1. The molecule has 0 unspecified atom stereocenters. The molecule has 0 spiro atoms. The van der Waals surface area contributed by atoms with Gasteiger partial charge in [0.05, 0.1) is 11.8 Å². The zero-order chi connectivity index (χ0) is 16.1. The maximum atomic E-state index is 12.6. The minimum atomic E-state index is -0.123. The number of nitrogens with one attached hydrogen (secondary N) is 1. The summed E-state index contributed by atoms with van der Waals surface area (Å²) in [6.07, 6.45) is 5.35. The number of carbonyl (C=O) groups is 2. The predicted octanol–water partition coefficient (Wildman–Crippen LogP) is 2.59. The Morgan fingerprint density at radius 3 is 2.61 bits per heavy atom. The van der Waals surface area contributed by atoms with Gasteiger partial charge in [0.1, 0.15) is 6.26 Å². The monoisotopic (exact) mass is 312 g/mol. The molecule has 1 heterocycles. The van der Waals surface area contributed by atoms with Crippen LogP contribution in [0.2, 0.25) is 0 Å². The van der Waals surface area contributed by atoms with Crippen molar-refractivity contribution in [3.05, 3.63) is 60.1 Å². The molecule has 0 radical (unpaired) electrons. The van der Waals surface area contributed by atoms with Crippen LogP contribution in [0.3, 0.4) is 0 Å². The van der Waals surface area contributed by atoms with Gasteiger partial charge in [-0.2, -0.15) is 0 Å². The first kappa shape index (κ1) is 15.3. The lowest BCUT2D eigenvalue weighted by atomic mass is 10.2. The average Bonchev–Trinajstić information content (AvgIpc) is 3.20. The Morgan fingerprint density at radius 1 is 1.17 bits per heavy atom. The van der Waals surface area contributed by atoms with Crippen LogP contribution in [0.15, 0.2) is 53.3 Å². The van der Waals surface area contributed by atoms with Crippen LogP contribution in [0.4, 0.5) is 0 Å². The molecule has 0 saturated heterocycles. The molecule has 120 valence electrons. The Morgan fingerprint density at radius 2 is 1.96 bits per heavy atom. The highest BCUT2D eigenvalue weighted by molar-refractivity contribution is 5.94. The fourth-order valence-electron chi connectivity index (χ4n) is 2.39. The van der Waals surface area contributed by atoms with Gasteiger partial charge in [-0.1, -0.05) is 30.3 Å². The summed E-state index contributed by atoms with van der Waals surface area (Å²) in [5.41, 5.74) is 1.54. The number of nitrogens with zero attached hydrogens (tertiary/aromatic N) is 1. The summed E-state index contributed by atoms with van der Waals surface area (Å²) >= 11 is 0. The normalized spacial score (nSPS) is 13.6. The highest BCUT2D eigenvalue weighted by Crippen LogP contribution is 2.18. The number of benzene rings is 1. The summed E-state index contributed by atoms with van der Waals surface area (Å²) in [5.74, 6) is -0.118. The van der Waals surface area contributed by atoms with Crippen molar-refractivity contribution in [2.24, 2.45) is 0 Å². The summed E-state index contributed by atoms with van der Waals surface area (Å²) < 4.78 is 5.00. The summed E-state index contributed by atoms with van der Waals surface area (Å²) in [6.45, 7) is 0.860. The molecule has 0 atom stereocenters. The lowest BCUT2D eigenvalue weighted by Gasteiger charge is -2.22. The van der Waals surface area contributed by atoms with Gasteiger partial charge in [0.2, 0.25) is 5.91 Å². The van der Waals surface area contributed by atoms with E-state index < -0.39 is 0 Å². The molecule has 1 aliphatic carbocycles. The molecule has 1 N–H and O–H groups in total. The van der Waals surface area contributed by atoms with Gasteiger partial charge in [0, 0.05) is 25.6 Å². The van der Waals surface area contributed by atoms with Crippen LogP contribution in [0, 0.1) is 0 Å². The molecule has 2 aromatic rings. The molecule has 0 bridgehead atoms. The Bertz CT molecular complexity index is 648. The number of rotatable bonds is 7. The fourth-order valence-corrected chi connectivity index (χ4v) is 2.39. The molecule has 2 amide bonds. The van der Waals surface area contributed by atoms with Gasteiger partial charge in [-0.25, -0.2) is 0 Å². The zero-order valence-electron chi connectivity index (χ0n) is 12.9. The third-order valence-electron chi connectivity index (χ3n) is 3.82. The molecular weight excluding hydrogens is 292 g/mol. The molecular formula is C18H20N2O3. The molecule has 23 heavy (non-hydrogen) atoms. The fraction of sp³-hybridized carbons (Fsp3) is 0.333. The third-order valence-corrected chi connectivity index (χ3v) is 3.82. The van der Waals surface area contributed by atoms with Crippen molar-refractivity contribution in [2.45, 2.75) is 31.8 Å². The predicted molar refractivity (Wildman–Crippen MR) is 85.7 cm³/mol. The average molecular weight is 312 g/mol. The van der Waals surface area contributed by atoms with E-state index in [1.807, 2.05) is 30.3 Å². The Kier molecular flexibility index (Phi) is 4.76. The highest BCUT2D eigenvalue weighted by atomic mass is 16.3. The first-order chi connectivity index (χ1) is 11.2. The van der Waals surface area contributed by atoms with Crippen molar-refractivity contribution in [3.63, 3.8) is 0 Å². The standard InChI is InChI=1S/C18H20N2O3/c21-17(19-16-6-7-16)8-10-20(12-14-4-2-1-3-5-14)18(22)15-9-11-23-13-15/h1-5,9,11,13,16H,6-8,10,12H2,(H,19,21). The molecule has 1 aromatic heterocycles. The van der Waals surface area contributed by atoms with E-state index in [-0.39, 0.29) is 11.8 Å². The third kappa shape index (κ3) is 4.45. The molecule has 0 aliphatic heterocycles. The number of hydrogen-bond acceptors (Lipinski definition) is 3. The molecule has 1 aliphatic rings. The van der Waals surface area contributed by atoms with Crippen molar-refractivity contribution >= 4 is 11.8 Å². The van der Waals surface area contributed by atoms with Crippen molar-refractivity contribution in [3.8, 4) is 0 Å². The largest absolute Gasteiger partial charge is 0.472 e. The zero-order valence-corrected chi connectivity index (χ0v) is 12.9. The lowest BCUT2D eigenvalue weighted by Crippen LogP contribution is -2.35. The van der Waals surface area contributed by atoms with Crippen molar-refractivity contribution in [2.75, 3.05) is 6.54 Å².